The maximum atomic E-state index is 6.41. The second-order valence-electron chi connectivity index (χ2n) is 5.14. The summed E-state index contributed by atoms with van der Waals surface area (Å²) in [7, 11) is 0. The topological polar surface area (TPSA) is 43.8 Å². The van der Waals surface area contributed by atoms with Crippen molar-refractivity contribution >= 4 is 10.9 Å². The number of rotatable bonds is 1. The number of benzene rings is 2. The maximum Gasteiger partial charge on any atom is 0.0759 e. The molecule has 1 aliphatic rings. The zero-order valence-corrected chi connectivity index (χ0v) is 10.5. The minimum atomic E-state index is 0.0273. The van der Waals surface area contributed by atoms with Gasteiger partial charge in [-0.3, -0.25) is 4.68 Å². The van der Waals surface area contributed by atoms with Crippen LogP contribution in [0.2, 0.25) is 0 Å². The molecular formula is C16H15N3. The summed E-state index contributed by atoms with van der Waals surface area (Å²) in [5.41, 5.74) is 10.2. The lowest BCUT2D eigenvalue weighted by Crippen LogP contribution is -2.21. The minimum absolute atomic E-state index is 0.0273. The van der Waals surface area contributed by atoms with E-state index in [9.17, 15) is 0 Å². The van der Waals surface area contributed by atoms with Gasteiger partial charge < -0.3 is 5.73 Å². The van der Waals surface area contributed by atoms with Gasteiger partial charge in [-0.05, 0) is 23.6 Å². The Hall–Kier alpha value is -2.13. The highest BCUT2D eigenvalue weighted by atomic mass is 15.3. The van der Waals surface area contributed by atoms with Gasteiger partial charge in [0.15, 0.2) is 0 Å². The highest BCUT2D eigenvalue weighted by Crippen LogP contribution is 2.38. The van der Waals surface area contributed by atoms with Crippen molar-refractivity contribution in [3.63, 3.8) is 0 Å². The molecule has 2 atom stereocenters. The van der Waals surface area contributed by atoms with Crippen molar-refractivity contribution in [1.82, 2.24) is 9.78 Å². The van der Waals surface area contributed by atoms with E-state index in [1.807, 2.05) is 18.3 Å². The number of hydrogen-bond acceptors (Lipinski definition) is 2. The molecule has 94 valence electrons. The van der Waals surface area contributed by atoms with E-state index in [0.29, 0.717) is 0 Å². The Bertz CT molecular complexity index is 744. The van der Waals surface area contributed by atoms with E-state index in [1.54, 1.807) is 0 Å². The summed E-state index contributed by atoms with van der Waals surface area (Å²) in [5, 5.41) is 5.72. The molecule has 1 aliphatic carbocycles. The third-order valence-electron chi connectivity index (χ3n) is 4.08. The third kappa shape index (κ3) is 1.52. The van der Waals surface area contributed by atoms with E-state index >= 15 is 0 Å². The molecule has 0 fully saturated rings. The van der Waals surface area contributed by atoms with Gasteiger partial charge in [0, 0.05) is 5.39 Å². The summed E-state index contributed by atoms with van der Waals surface area (Å²) in [6, 6.07) is 17.0. The predicted octanol–water partition coefficient (Wildman–Crippen LogP) is 2.83. The van der Waals surface area contributed by atoms with E-state index in [2.05, 4.69) is 46.2 Å². The number of aromatic nitrogens is 2. The first kappa shape index (κ1) is 10.8. The molecule has 3 heteroatoms. The van der Waals surface area contributed by atoms with Crippen LogP contribution in [-0.4, -0.2) is 9.78 Å². The van der Waals surface area contributed by atoms with Gasteiger partial charge in [0.2, 0.25) is 0 Å². The lowest BCUT2D eigenvalue weighted by atomic mass is 10.1. The van der Waals surface area contributed by atoms with Gasteiger partial charge in [0.1, 0.15) is 0 Å². The fraction of sp³-hybridized carbons (Fsp3) is 0.188. The van der Waals surface area contributed by atoms with Crippen molar-refractivity contribution in [3.8, 4) is 0 Å². The zero-order valence-electron chi connectivity index (χ0n) is 10.5. The van der Waals surface area contributed by atoms with Crippen LogP contribution in [0, 0.1) is 0 Å². The molecule has 0 saturated heterocycles. The van der Waals surface area contributed by atoms with Gasteiger partial charge in [-0.25, -0.2) is 0 Å². The van der Waals surface area contributed by atoms with Crippen molar-refractivity contribution < 1.29 is 0 Å². The lowest BCUT2D eigenvalue weighted by molar-refractivity contribution is 0.422. The van der Waals surface area contributed by atoms with E-state index in [1.165, 1.54) is 16.5 Å². The summed E-state index contributed by atoms with van der Waals surface area (Å²) in [4.78, 5) is 0. The van der Waals surface area contributed by atoms with Gasteiger partial charge in [-0.15, -0.1) is 0 Å². The summed E-state index contributed by atoms with van der Waals surface area (Å²) < 4.78 is 2.08. The van der Waals surface area contributed by atoms with Crippen molar-refractivity contribution in [3.05, 3.63) is 65.9 Å². The summed E-state index contributed by atoms with van der Waals surface area (Å²) in [6.45, 7) is 0. The number of nitrogens with two attached hydrogens (primary N) is 1. The molecule has 2 aromatic carbocycles. The molecule has 0 saturated carbocycles. The van der Waals surface area contributed by atoms with Gasteiger partial charge in [0.05, 0.1) is 23.8 Å². The first-order chi connectivity index (χ1) is 9.34. The first-order valence-corrected chi connectivity index (χ1v) is 6.60. The zero-order chi connectivity index (χ0) is 12.8. The second-order valence-corrected chi connectivity index (χ2v) is 5.14. The minimum Gasteiger partial charge on any atom is -0.322 e. The Morgan fingerprint density at radius 1 is 1.05 bits per heavy atom. The first-order valence-electron chi connectivity index (χ1n) is 6.60. The quantitative estimate of drug-likeness (QED) is 0.720. The number of para-hydroxylation sites is 1. The molecule has 1 heterocycles. The molecule has 0 spiro atoms. The van der Waals surface area contributed by atoms with Crippen LogP contribution in [0.4, 0.5) is 0 Å². The molecule has 19 heavy (non-hydrogen) atoms. The highest BCUT2D eigenvalue weighted by Gasteiger charge is 2.31. The Morgan fingerprint density at radius 2 is 1.84 bits per heavy atom. The van der Waals surface area contributed by atoms with Crippen molar-refractivity contribution in [2.75, 3.05) is 0 Å². The largest absolute Gasteiger partial charge is 0.322 e. The van der Waals surface area contributed by atoms with Crippen LogP contribution >= 0.6 is 0 Å². The molecule has 0 aliphatic heterocycles. The second kappa shape index (κ2) is 3.93. The lowest BCUT2D eigenvalue weighted by Gasteiger charge is -2.17. The summed E-state index contributed by atoms with van der Waals surface area (Å²) in [6.07, 6.45) is 2.88. The van der Waals surface area contributed by atoms with Gasteiger partial charge in [0.25, 0.3) is 0 Å². The van der Waals surface area contributed by atoms with Crippen LogP contribution in [0.25, 0.3) is 10.9 Å². The van der Waals surface area contributed by atoms with Crippen LogP contribution in [0.5, 0.6) is 0 Å². The average Bonchev–Trinajstić information content (AvgIpc) is 3.01. The Balaban J connectivity index is 1.83. The molecule has 4 rings (SSSR count). The van der Waals surface area contributed by atoms with Crippen molar-refractivity contribution in [1.29, 1.82) is 0 Å². The molecule has 0 bridgehead atoms. The fourth-order valence-electron chi connectivity index (χ4n) is 3.10. The van der Waals surface area contributed by atoms with E-state index in [-0.39, 0.29) is 12.1 Å². The SMILES string of the molecule is NC1c2ccccc2CC1n1ncc2ccccc21. The van der Waals surface area contributed by atoms with E-state index < -0.39 is 0 Å². The van der Waals surface area contributed by atoms with Gasteiger partial charge in [-0.2, -0.15) is 5.10 Å². The number of fused-ring (bicyclic) bond motifs is 2. The molecule has 0 amide bonds. The Morgan fingerprint density at radius 3 is 2.74 bits per heavy atom. The normalized spacial score (nSPS) is 21.7. The molecule has 0 radical (unpaired) electrons. The van der Waals surface area contributed by atoms with Crippen molar-refractivity contribution in [2.24, 2.45) is 5.73 Å². The van der Waals surface area contributed by atoms with E-state index in [4.69, 9.17) is 5.73 Å². The standard InChI is InChI=1S/C16H15N3/c17-16-13-7-3-1-5-11(13)9-15(16)19-14-8-4-2-6-12(14)10-18-19/h1-8,10,15-16H,9,17H2. The van der Waals surface area contributed by atoms with Crippen LogP contribution in [0.1, 0.15) is 23.2 Å². The van der Waals surface area contributed by atoms with Crippen LogP contribution in [0.15, 0.2) is 54.7 Å². The average molecular weight is 249 g/mol. The summed E-state index contributed by atoms with van der Waals surface area (Å²) >= 11 is 0. The molecule has 3 aromatic rings. The molecule has 1 aromatic heterocycles. The van der Waals surface area contributed by atoms with E-state index in [0.717, 1.165) is 11.9 Å². The summed E-state index contributed by atoms with van der Waals surface area (Å²) in [5.74, 6) is 0. The van der Waals surface area contributed by atoms with Gasteiger partial charge >= 0.3 is 0 Å². The van der Waals surface area contributed by atoms with Crippen LogP contribution in [0.3, 0.4) is 0 Å². The van der Waals surface area contributed by atoms with Gasteiger partial charge in [-0.1, -0.05) is 42.5 Å². The molecular weight excluding hydrogens is 234 g/mol. The number of hydrogen-bond donors (Lipinski definition) is 1. The third-order valence-corrected chi connectivity index (χ3v) is 4.08. The maximum absolute atomic E-state index is 6.41. The number of nitrogens with zero attached hydrogens (tertiary/aromatic N) is 2. The Labute approximate surface area is 111 Å². The highest BCUT2D eigenvalue weighted by molar-refractivity contribution is 5.78. The monoisotopic (exact) mass is 249 g/mol. The predicted molar refractivity (Wildman–Crippen MR) is 75.8 cm³/mol. The van der Waals surface area contributed by atoms with Crippen LogP contribution < -0.4 is 5.73 Å². The Kier molecular flexibility index (Phi) is 2.23. The van der Waals surface area contributed by atoms with Crippen LogP contribution in [-0.2, 0) is 6.42 Å². The smallest absolute Gasteiger partial charge is 0.0759 e. The van der Waals surface area contributed by atoms with Crippen molar-refractivity contribution in [2.45, 2.75) is 18.5 Å². The molecule has 3 nitrogen and oxygen atoms in total. The molecule has 2 unspecified atom stereocenters. The fourth-order valence-corrected chi connectivity index (χ4v) is 3.10. The molecule has 2 N–H and O–H groups in total.